The van der Waals surface area contributed by atoms with Gasteiger partial charge in [-0.1, -0.05) is 59.8 Å². The summed E-state index contributed by atoms with van der Waals surface area (Å²) in [6, 6.07) is 19.5. The molecule has 0 atom stereocenters. The highest BCUT2D eigenvalue weighted by Crippen LogP contribution is 2.24. The Morgan fingerprint density at radius 2 is 1.80 bits per heavy atom. The molecule has 0 fully saturated rings. The van der Waals surface area contributed by atoms with Gasteiger partial charge in [0.05, 0.1) is 22.3 Å². The van der Waals surface area contributed by atoms with Crippen molar-refractivity contribution in [2.75, 3.05) is 5.75 Å². The lowest BCUT2D eigenvalue weighted by Crippen LogP contribution is -2.25. The van der Waals surface area contributed by atoms with E-state index in [0.29, 0.717) is 27.4 Å². The maximum Gasteiger partial charge on any atom is 0.267 e. The summed E-state index contributed by atoms with van der Waals surface area (Å²) in [4.78, 5) is 26.0. The second-order valence-corrected chi connectivity index (χ2v) is 9.16. The molecule has 0 unspecified atom stereocenters. The topological polar surface area (TPSA) is 81.3 Å². The number of hydrogen-bond donors (Lipinski definition) is 1. The molecule has 0 saturated heterocycles. The summed E-state index contributed by atoms with van der Waals surface area (Å²) in [5, 5.41) is 12.4. The Labute approximate surface area is 204 Å². The van der Waals surface area contributed by atoms with Crippen LogP contribution in [-0.4, -0.2) is 30.8 Å². The minimum absolute atomic E-state index is 0.0618. The Hall–Kier alpha value is -3.98. The number of carbonyl (C=O) groups is 1. The van der Waals surface area contributed by atoms with Gasteiger partial charge in [-0.15, -0.1) is 10.2 Å². The number of fused-ring (bicyclic) bond motifs is 3. The lowest BCUT2D eigenvalue weighted by atomic mass is 10.1. The molecule has 2 heterocycles. The number of carbonyl (C=O) groups excluding carboxylic acids is 1. The van der Waals surface area contributed by atoms with Crippen LogP contribution < -0.4 is 10.9 Å². The van der Waals surface area contributed by atoms with Gasteiger partial charge < -0.3 is 5.32 Å². The molecule has 3 aromatic carbocycles. The third-order valence-electron chi connectivity index (χ3n) is 5.75. The number of hydrogen-bond acceptors (Lipinski definition) is 5. The highest BCUT2D eigenvalue weighted by molar-refractivity contribution is 7.99. The summed E-state index contributed by atoms with van der Waals surface area (Å²) in [5.74, 6) is -0.191. The number of para-hydroxylation sites is 1. The van der Waals surface area contributed by atoms with E-state index >= 15 is 0 Å². The van der Waals surface area contributed by atoms with Gasteiger partial charge in [0, 0.05) is 12.1 Å². The van der Waals surface area contributed by atoms with Crippen molar-refractivity contribution < 1.29 is 9.18 Å². The molecule has 0 aliphatic carbocycles. The van der Waals surface area contributed by atoms with Crippen molar-refractivity contribution in [2.24, 2.45) is 0 Å². The molecule has 5 rings (SSSR count). The normalized spacial score (nSPS) is 11.3. The smallest absolute Gasteiger partial charge is 0.267 e. The van der Waals surface area contributed by atoms with Crippen LogP contribution in [0.2, 0.25) is 0 Å². The summed E-state index contributed by atoms with van der Waals surface area (Å²) < 4.78 is 17.2. The van der Waals surface area contributed by atoms with Crippen molar-refractivity contribution >= 4 is 34.3 Å². The predicted octanol–water partition coefficient (Wildman–Crippen LogP) is 4.20. The van der Waals surface area contributed by atoms with E-state index in [1.165, 1.54) is 17.8 Å². The SMILES string of the molecule is Cc1ccc(-n2c(=O)c3ccccc3n3c(SCC(=O)NCc4ccccc4F)nnc23)c(C)c1. The van der Waals surface area contributed by atoms with Crippen LogP contribution in [0.5, 0.6) is 0 Å². The second-order valence-electron chi connectivity index (χ2n) is 8.22. The van der Waals surface area contributed by atoms with Gasteiger partial charge in [-0.05, 0) is 43.7 Å². The Kier molecular flexibility index (Phi) is 6.08. The maximum absolute atomic E-state index is 13.8. The van der Waals surface area contributed by atoms with E-state index in [4.69, 9.17) is 0 Å². The van der Waals surface area contributed by atoms with Crippen LogP contribution in [0.25, 0.3) is 22.4 Å². The Balaban J connectivity index is 1.51. The molecular weight excluding hydrogens is 465 g/mol. The van der Waals surface area contributed by atoms with Gasteiger partial charge in [-0.2, -0.15) is 0 Å². The third kappa shape index (κ3) is 4.30. The van der Waals surface area contributed by atoms with E-state index in [1.807, 2.05) is 50.2 Å². The number of amides is 1. The fourth-order valence-electron chi connectivity index (χ4n) is 4.06. The first-order chi connectivity index (χ1) is 16.9. The van der Waals surface area contributed by atoms with Crippen molar-refractivity contribution in [1.82, 2.24) is 24.5 Å². The van der Waals surface area contributed by atoms with E-state index in [-0.39, 0.29) is 29.6 Å². The van der Waals surface area contributed by atoms with Gasteiger partial charge >= 0.3 is 0 Å². The van der Waals surface area contributed by atoms with Gasteiger partial charge in [-0.3, -0.25) is 14.0 Å². The molecule has 0 aliphatic rings. The number of benzene rings is 3. The molecule has 0 bridgehead atoms. The first-order valence-electron chi connectivity index (χ1n) is 11.0. The number of halogens is 1. The Morgan fingerprint density at radius 1 is 1.03 bits per heavy atom. The summed E-state index contributed by atoms with van der Waals surface area (Å²) >= 11 is 1.20. The van der Waals surface area contributed by atoms with Crippen molar-refractivity contribution in [1.29, 1.82) is 0 Å². The molecule has 1 N–H and O–H groups in total. The molecule has 0 aliphatic heterocycles. The van der Waals surface area contributed by atoms with Crippen molar-refractivity contribution in [3.05, 3.63) is 99.6 Å². The van der Waals surface area contributed by atoms with Gasteiger partial charge in [0.25, 0.3) is 5.56 Å². The number of aryl methyl sites for hydroxylation is 2. The maximum atomic E-state index is 13.8. The molecular formula is C26H22FN5O2S. The minimum Gasteiger partial charge on any atom is -0.351 e. The Morgan fingerprint density at radius 3 is 2.60 bits per heavy atom. The van der Waals surface area contributed by atoms with Crippen molar-refractivity contribution in [2.45, 2.75) is 25.5 Å². The summed E-state index contributed by atoms with van der Waals surface area (Å²) in [6.45, 7) is 4.05. The zero-order chi connectivity index (χ0) is 24.5. The molecule has 7 nitrogen and oxygen atoms in total. The van der Waals surface area contributed by atoms with Gasteiger partial charge in [-0.25, -0.2) is 8.96 Å². The first kappa shape index (κ1) is 22.8. The lowest BCUT2D eigenvalue weighted by Gasteiger charge is -2.13. The van der Waals surface area contributed by atoms with Gasteiger partial charge in [0.15, 0.2) is 5.16 Å². The highest BCUT2D eigenvalue weighted by atomic mass is 32.2. The quantitative estimate of drug-likeness (QED) is 0.363. The van der Waals surface area contributed by atoms with Crippen LogP contribution in [-0.2, 0) is 11.3 Å². The second kappa shape index (κ2) is 9.34. The molecule has 0 spiro atoms. The zero-order valence-electron chi connectivity index (χ0n) is 19.2. The van der Waals surface area contributed by atoms with Gasteiger partial charge in [0.2, 0.25) is 11.7 Å². The van der Waals surface area contributed by atoms with Crippen molar-refractivity contribution in [3.63, 3.8) is 0 Å². The van der Waals surface area contributed by atoms with E-state index in [0.717, 1.165) is 16.8 Å². The fourth-order valence-corrected chi connectivity index (χ4v) is 4.83. The predicted molar refractivity (Wildman–Crippen MR) is 135 cm³/mol. The van der Waals surface area contributed by atoms with Crippen LogP contribution in [0.1, 0.15) is 16.7 Å². The Bertz CT molecular complexity index is 1640. The third-order valence-corrected chi connectivity index (χ3v) is 6.68. The molecule has 0 saturated carbocycles. The van der Waals surface area contributed by atoms with E-state index in [9.17, 15) is 14.0 Å². The van der Waals surface area contributed by atoms with Crippen LogP contribution in [0.4, 0.5) is 4.39 Å². The standard InChI is InChI=1S/C26H22FN5O2S/c1-16-11-12-21(17(2)13-16)31-24(34)19-8-4-6-10-22(19)32-25(31)29-30-26(32)35-15-23(33)28-14-18-7-3-5-9-20(18)27/h3-13H,14-15H2,1-2H3,(H,28,33). The summed E-state index contributed by atoms with van der Waals surface area (Å²) in [7, 11) is 0. The van der Waals surface area contributed by atoms with E-state index in [2.05, 4.69) is 15.5 Å². The van der Waals surface area contributed by atoms with Crippen LogP contribution in [0, 0.1) is 19.7 Å². The first-order valence-corrected chi connectivity index (χ1v) is 12.0. The van der Waals surface area contributed by atoms with Crippen LogP contribution >= 0.6 is 11.8 Å². The monoisotopic (exact) mass is 487 g/mol. The fraction of sp³-hybridized carbons (Fsp3) is 0.154. The summed E-state index contributed by atoms with van der Waals surface area (Å²) in [5.41, 5.74) is 3.65. The number of rotatable bonds is 6. The average molecular weight is 488 g/mol. The number of thioether (sulfide) groups is 1. The van der Waals surface area contributed by atoms with Crippen LogP contribution in [0.3, 0.4) is 0 Å². The molecule has 176 valence electrons. The zero-order valence-corrected chi connectivity index (χ0v) is 20.0. The number of aromatic nitrogens is 4. The average Bonchev–Trinajstić information content (AvgIpc) is 3.27. The van der Waals surface area contributed by atoms with Gasteiger partial charge in [0.1, 0.15) is 5.82 Å². The van der Waals surface area contributed by atoms with Crippen LogP contribution in [0.15, 0.2) is 76.7 Å². The molecule has 35 heavy (non-hydrogen) atoms. The largest absolute Gasteiger partial charge is 0.351 e. The molecule has 2 aromatic heterocycles. The molecule has 5 aromatic rings. The summed E-state index contributed by atoms with van der Waals surface area (Å²) in [6.07, 6.45) is 0. The molecule has 0 radical (unpaired) electrons. The molecule has 1 amide bonds. The highest BCUT2D eigenvalue weighted by Gasteiger charge is 2.19. The minimum atomic E-state index is -0.361. The van der Waals surface area contributed by atoms with E-state index in [1.54, 1.807) is 33.2 Å². The molecule has 9 heteroatoms. The van der Waals surface area contributed by atoms with E-state index < -0.39 is 0 Å². The van der Waals surface area contributed by atoms with Crippen molar-refractivity contribution in [3.8, 4) is 5.69 Å². The number of nitrogens with zero attached hydrogens (tertiary/aromatic N) is 4. The number of nitrogens with one attached hydrogen (secondary N) is 1. The lowest BCUT2D eigenvalue weighted by molar-refractivity contribution is -0.118.